The normalized spacial score (nSPS) is 14.8. The lowest BCUT2D eigenvalue weighted by atomic mass is 10.1. The molecule has 86 valence electrons. The van der Waals surface area contributed by atoms with E-state index >= 15 is 0 Å². The van der Waals surface area contributed by atoms with Crippen LogP contribution in [0.3, 0.4) is 0 Å². The van der Waals surface area contributed by atoms with Gasteiger partial charge in [0.15, 0.2) is 12.6 Å². The number of ether oxygens (including phenoxy) is 2. The van der Waals surface area contributed by atoms with E-state index in [4.69, 9.17) is 9.47 Å². The van der Waals surface area contributed by atoms with E-state index in [0.29, 0.717) is 11.3 Å². The van der Waals surface area contributed by atoms with Crippen molar-refractivity contribution in [1.82, 2.24) is 0 Å². The topological polar surface area (TPSA) is 35.5 Å². The Morgan fingerprint density at radius 1 is 1.44 bits per heavy atom. The zero-order chi connectivity index (χ0) is 11.4. The molecule has 1 saturated carbocycles. The van der Waals surface area contributed by atoms with Crippen molar-refractivity contribution < 1.29 is 14.3 Å². The third kappa shape index (κ3) is 3.35. The monoisotopic (exact) mass is 220 g/mol. The number of Topliss-reactive ketones (excluding diaryl/α,β-unsaturated/α-hetero) is 1. The summed E-state index contributed by atoms with van der Waals surface area (Å²) < 4.78 is 10.8. The fourth-order valence-corrected chi connectivity index (χ4v) is 1.41. The largest absolute Gasteiger partial charge is 0.468 e. The summed E-state index contributed by atoms with van der Waals surface area (Å²) in [5.74, 6) is 1.47. The molecule has 0 spiro atoms. The smallest absolute Gasteiger partial charge is 0.189 e. The van der Waals surface area contributed by atoms with E-state index in [1.54, 1.807) is 19.1 Å². The van der Waals surface area contributed by atoms with Gasteiger partial charge >= 0.3 is 0 Å². The summed E-state index contributed by atoms with van der Waals surface area (Å²) in [5.41, 5.74) is 0.666. The Kier molecular flexibility index (Phi) is 3.57. The van der Waals surface area contributed by atoms with Crippen molar-refractivity contribution in [2.24, 2.45) is 5.92 Å². The van der Waals surface area contributed by atoms with Crippen LogP contribution in [0.15, 0.2) is 24.3 Å². The van der Waals surface area contributed by atoms with Crippen LogP contribution in [0.1, 0.15) is 30.1 Å². The van der Waals surface area contributed by atoms with Crippen LogP contribution in [0.4, 0.5) is 0 Å². The van der Waals surface area contributed by atoms with E-state index in [0.717, 1.165) is 12.5 Å². The number of hydrogen-bond acceptors (Lipinski definition) is 3. The van der Waals surface area contributed by atoms with Crippen molar-refractivity contribution in [3.63, 3.8) is 0 Å². The zero-order valence-corrected chi connectivity index (χ0v) is 9.44. The van der Waals surface area contributed by atoms with Crippen molar-refractivity contribution in [3.8, 4) is 5.75 Å². The molecule has 0 saturated heterocycles. The van der Waals surface area contributed by atoms with Gasteiger partial charge in [-0.05, 0) is 37.8 Å². The van der Waals surface area contributed by atoms with Crippen LogP contribution in [-0.2, 0) is 4.74 Å². The van der Waals surface area contributed by atoms with E-state index in [-0.39, 0.29) is 12.6 Å². The molecule has 1 aromatic carbocycles. The molecule has 0 bridgehead atoms. The summed E-state index contributed by atoms with van der Waals surface area (Å²) in [4.78, 5) is 11.1. The molecule has 16 heavy (non-hydrogen) atoms. The van der Waals surface area contributed by atoms with Gasteiger partial charge in [-0.25, -0.2) is 0 Å². The van der Waals surface area contributed by atoms with Gasteiger partial charge in [0.05, 0.1) is 6.61 Å². The molecule has 1 fully saturated rings. The average molecular weight is 220 g/mol. The predicted octanol–water partition coefficient (Wildman–Crippen LogP) is 2.65. The molecule has 1 aliphatic rings. The van der Waals surface area contributed by atoms with Crippen LogP contribution in [-0.4, -0.2) is 19.2 Å². The second-order valence-electron chi connectivity index (χ2n) is 4.16. The predicted molar refractivity (Wildman–Crippen MR) is 60.6 cm³/mol. The number of carbonyl (C=O) groups is 1. The van der Waals surface area contributed by atoms with Crippen molar-refractivity contribution in [2.45, 2.75) is 19.8 Å². The fraction of sp³-hybridized carbons (Fsp3) is 0.462. The third-order valence-corrected chi connectivity index (χ3v) is 2.60. The fourth-order valence-electron chi connectivity index (χ4n) is 1.41. The van der Waals surface area contributed by atoms with Gasteiger partial charge in [0.2, 0.25) is 0 Å². The van der Waals surface area contributed by atoms with E-state index < -0.39 is 0 Å². The second kappa shape index (κ2) is 5.12. The highest BCUT2D eigenvalue weighted by molar-refractivity contribution is 5.94. The number of carbonyl (C=O) groups excluding carboxylic acids is 1. The summed E-state index contributed by atoms with van der Waals surface area (Å²) in [6.45, 7) is 2.59. The van der Waals surface area contributed by atoms with Crippen molar-refractivity contribution in [2.75, 3.05) is 13.4 Å². The highest BCUT2D eigenvalue weighted by Gasteiger charge is 2.21. The summed E-state index contributed by atoms with van der Waals surface area (Å²) in [5, 5.41) is 0. The maximum Gasteiger partial charge on any atom is 0.189 e. The zero-order valence-electron chi connectivity index (χ0n) is 9.44. The Bertz CT molecular complexity index is 369. The van der Waals surface area contributed by atoms with E-state index in [1.165, 1.54) is 12.8 Å². The minimum absolute atomic E-state index is 0.0457. The summed E-state index contributed by atoms with van der Waals surface area (Å²) in [7, 11) is 0. The van der Waals surface area contributed by atoms with Crippen LogP contribution >= 0.6 is 0 Å². The average Bonchev–Trinajstić information content (AvgIpc) is 3.09. The van der Waals surface area contributed by atoms with E-state index in [9.17, 15) is 4.79 Å². The number of rotatable bonds is 6. The maximum absolute atomic E-state index is 11.1. The molecular weight excluding hydrogens is 204 g/mol. The minimum atomic E-state index is 0.0457. The molecule has 1 aromatic rings. The van der Waals surface area contributed by atoms with E-state index in [1.807, 2.05) is 12.1 Å². The Labute approximate surface area is 95.4 Å². The van der Waals surface area contributed by atoms with E-state index in [2.05, 4.69) is 0 Å². The molecule has 0 aromatic heterocycles. The van der Waals surface area contributed by atoms with Crippen LogP contribution in [0.2, 0.25) is 0 Å². The molecule has 0 radical (unpaired) electrons. The standard InChI is InChI=1S/C13H16O3/c1-10(14)12-3-2-4-13(7-12)16-9-15-8-11-5-6-11/h2-4,7,11H,5-6,8-9H2,1H3. The molecule has 3 nitrogen and oxygen atoms in total. The number of hydrogen-bond donors (Lipinski definition) is 0. The van der Waals surface area contributed by atoms with Gasteiger partial charge in [0.1, 0.15) is 5.75 Å². The summed E-state index contributed by atoms with van der Waals surface area (Å²) in [6, 6.07) is 7.16. The lowest BCUT2D eigenvalue weighted by molar-refractivity contribution is 0.00994. The van der Waals surface area contributed by atoms with Crippen LogP contribution < -0.4 is 4.74 Å². The Morgan fingerprint density at radius 2 is 2.25 bits per heavy atom. The molecular formula is C13H16O3. The minimum Gasteiger partial charge on any atom is -0.468 e. The SMILES string of the molecule is CC(=O)c1cccc(OCOCC2CC2)c1. The lowest BCUT2D eigenvalue weighted by Gasteiger charge is -2.07. The van der Waals surface area contributed by atoms with Crippen LogP contribution in [0, 0.1) is 5.92 Å². The van der Waals surface area contributed by atoms with Crippen molar-refractivity contribution >= 4 is 5.78 Å². The first-order valence-corrected chi connectivity index (χ1v) is 5.57. The first kappa shape index (κ1) is 11.1. The van der Waals surface area contributed by atoms with Gasteiger partial charge in [-0.1, -0.05) is 12.1 Å². The molecule has 3 heteroatoms. The van der Waals surface area contributed by atoms with Gasteiger partial charge in [-0.15, -0.1) is 0 Å². The quantitative estimate of drug-likeness (QED) is 0.420. The molecule has 0 atom stereocenters. The summed E-state index contributed by atoms with van der Waals surface area (Å²) in [6.07, 6.45) is 2.56. The molecule has 2 rings (SSSR count). The molecule has 1 aliphatic carbocycles. The molecule has 0 aliphatic heterocycles. The highest BCUT2D eigenvalue weighted by Crippen LogP contribution is 2.28. The van der Waals surface area contributed by atoms with Crippen molar-refractivity contribution in [1.29, 1.82) is 0 Å². The van der Waals surface area contributed by atoms with Crippen LogP contribution in [0.5, 0.6) is 5.75 Å². The number of benzene rings is 1. The third-order valence-electron chi connectivity index (χ3n) is 2.60. The Balaban J connectivity index is 1.78. The molecule has 0 N–H and O–H groups in total. The Morgan fingerprint density at radius 3 is 2.94 bits per heavy atom. The highest BCUT2D eigenvalue weighted by atomic mass is 16.7. The van der Waals surface area contributed by atoms with Gasteiger partial charge in [0.25, 0.3) is 0 Å². The molecule has 0 heterocycles. The maximum atomic E-state index is 11.1. The molecule has 0 amide bonds. The first-order chi connectivity index (χ1) is 7.75. The van der Waals surface area contributed by atoms with Gasteiger partial charge in [-0.2, -0.15) is 0 Å². The second-order valence-corrected chi connectivity index (χ2v) is 4.16. The van der Waals surface area contributed by atoms with Crippen molar-refractivity contribution in [3.05, 3.63) is 29.8 Å². The number of ketones is 1. The van der Waals surface area contributed by atoms with Gasteiger partial charge in [0, 0.05) is 5.56 Å². The Hall–Kier alpha value is -1.35. The van der Waals surface area contributed by atoms with Gasteiger partial charge < -0.3 is 9.47 Å². The first-order valence-electron chi connectivity index (χ1n) is 5.57. The van der Waals surface area contributed by atoms with Crippen LogP contribution in [0.25, 0.3) is 0 Å². The molecule has 0 unspecified atom stereocenters. The van der Waals surface area contributed by atoms with Gasteiger partial charge in [-0.3, -0.25) is 4.79 Å². The lowest BCUT2D eigenvalue weighted by Crippen LogP contribution is -2.05. The summed E-state index contributed by atoms with van der Waals surface area (Å²) >= 11 is 0.